The number of carboxylic acid groups (broad SMARTS) is 1. The maximum Gasteiger partial charge on any atom is 0.324 e. The number of carbonyl (C=O) groups excluding carboxylic acids is 1. The van der Waals surface area contributed by atoms with Gasteiger partial charge in [0, 0.05) is 6.29 Å². The highest BCUT2D eigenvalue weighted by Crippen LogP contribution is 2.31. The first-order valence-electron chi connectivity index (χ1n) is 10.8. The van der Waals surface area contributed by atoms with Gasteiger partial charge in [-0.15, -0.1) is 0 Å². The molecule has 2 aromatic carbocycles. The summed E-state index contributed by atoms with van der Waals surface area (Å²) in [4.78, 5) is 37.5. The molecule has 1 aromatic heterocycles. The molecule has 2 heterocycles. The maximum atomic E-state index is 13.0. The highest BCUT2D eigenvalue weighted by atomic mass is 16.7. The Morgan fingerprint density at radius 3 is 2.35 bits per heavy atom. The van der Waals surface area contributed by atoms with Crippen LogP contribution in [0.4, 0.5) is 0 Å². The molecule has 0 bridgehead atoms. The number of phenolic OH excluding ortho intramolecular Hbond substituents is 2. The number of aliphatic hydroxyl groups is 3. The molecule has 6 atom stereocenters. The number of rotatable bonds is 6. The first-order chi connectivity index (χ1) is 17.5. The van der Waals surface area contributed by atoms with Gasteiger partial charge >= 0.3 is 11.9 Å². The monoisotopic (exact) mass is 517 g/mol. The molecule has 37 heavy (non-hydrogen) atoms. The van der Waals surface area contributed by atoms with Crippen molar-refractivity contribution in [1.29, 1.82) is 0 Å². The molecule has 1 aliphatic rings. The molecule has 1 aliphatic heterocycles. The van der Waals surface area contributed by atoms with Crippen LogP contribution in [0.25, 0.3) is 22.1 Å². The van der Waals surface area contributed by atoms with Gasteiger partial charge in [-0.25, -0.2) is 0 Å². The van der Waals surface area contributed by atoms with Gasteiger partial charge in [-0.3, -0.25) is 14.4 Å². The van der Waals surface area contributed by atoms with Gasteiger partial charge in [0.05, 0.1) is 11.7 Å². The Labute approximate surface area is 207 Å². The van der Waals surface area contributed by atoms with Crippen molar-refractivity contribution in [1.82, 2.24) is 0 Å². The van der Waals surface area contributed by atoms with E-state index in [4.69, 9.17) is 13.9 Å². The van der Waals surface area contributed by atoms with Gasteiger partial charge in [-0.05, 0) is 35.4 Å². The minimum atomic E-state index is -2.14. The molecule has 0 radical (unpaired) electrons. The fraction of sp³-hybridized carbons (Fsp3) is 0.292. The SMILES string of the molecule is O=C(O)C(C(=O)OC[C@H]1O[C@@H]([O-])[C@H](O)[C@@H](O)[C@@H]1O)c1cc(O)c2c(=O)c(-c3ccc(O)cc3)coc2c1. The molecule has 13 heteroatoms. The molecule has 1 unspecified atom stereocenters. The second-order valence-corrected chi connectivity index (χ2v) is 8.35. The topological polar surface area (TPSA) is 227 Å². The van der Waals surface area contributed by atoms with Crippen molar-refractivity contribution in [3.05, 3.63) is 58.4 Å². The third kappa shape index (κ3) is 4.98. The highest BCUT2D eigenvalue weighted by molar-refractivity contribution is 6.01. The van der Waals surface area contributed by atoms with E-state index in [1.807, 2.05) is 0 Å². The average Bonchev–Trinajstić information content (AvgIpc) is 2.84. The molecule has 0 aliphatic carbocycles. The van der Waals surface area contributed by atoms with Crippen LogP contribution in [0.3, 0.4) is 0 Å². The fourth-order valence-corrected chi connectivity index (χ4v) is 3.94. The van der Waals surface area contributed by atoms with Crippen LogP contribution in [0, 0.1) is 0 Å². The lowest BCUT2D eigenvalue weighted by Gasteiger charge is -2.43. The number of phenols is 2. The van der Waals surface area contributed by atoms with Crippen LogP contribution < -0.4 is 10.5 Å². The van der Waals surface area contributed by atoms with Crippen LogP contribution in [0.1, 0.15) is 11.5 Å². The second kappa shape index (κ2) is 10.2. The smallest absolute Gasteiger partial charge is 0.324 e. The van der Waals surface area contributed by atoms with E-state index in [-0.39, 0.29) is 27.8 Å². The molecule has 196 valence electrons. The minimum absolute atomic E-state index is 0.0285. The van der Waals surface area contributed by atoms with Crippen molar-refractivity contribution in [2.24, 2.45) is 0 Å². The molecule has 6 N–H and O–H groups in total. The number of ether oxygens (including phenoxy) is 2. The number of carbonyl (C=O) groups is 2. The van der Waals surface area contributed by atoms with Crippen LogP contribution in [0.5, 0.6) is 11.5 Å². The number of aliphatic carboxylic acids is 1. The Bertz CT molecular complexity index is 1380. The van der Waals surface area contributed by atoms with Crippen molar-refractivity contribution in [2.75, 3.05) is 6.61 Å². The Balaban J connectivity index is 1.61. The molecule has 0 spiro atoms. The van der Waals surface area contributed by atoms with E-state index < -0.39 is 66.3 Å². The van der Waals surface area contributed by atoms with E-state index in [9.17, 15) is 50.1 Å². The first-order valence-corrected chi connectivity index (χ1v) is 10.8. The van der Waals surface area contributed by atoms with E-state index in [2.05, 4.69) is 0 Å². The first kappa shape index (κ1) is 26.1. The summed E-state index contributed by atoms with van der Waals surface area (Å²) in [7, 11) is 0. The Morgan fingerprint density at radius 2 is 1.70 bits per heavy atom. The molecular formula is C24H21O13-. The third-order valence-corrected chi connectivity index (χ3v) is 5.93. The number of aliphatic hydroxyl groups excluding tert-OH is 3. The quantitative estimate of drug-likeness (QED) is 0.166. The van der Waals surface area contributed by atoms with Gasteiger partial charge in [-0.2, -0.15) is 0 Å². The van der Waals surface area contributed by atoms with Crippen molar-refractivity contribution >= 4 is 22.9 Å². The number of esters is 1. The van der Waals surface area contributed by atoms with E-state index >= 15 is 0 Å². The van der Waals surface area contributed by atoms with Gasteiger partial charge in [0.25, 0.3) is 0 Å². The van der Waals surface area contributed by atoms with Crippen LogP contribution in [0.15, 0.2) is 51.9 Å². The molecule has 13 nitrogen and oxygen atoms in total. The average molecular weight is 517 g/mol. The Hall–Kier alpha value is -4.01. The van der Waals surface area contributed by atoms with Gasteiger partial charge in [0.2, 0.25) is 5.43 Å². The van der Waals surface area contributed by atoms with Gasteiger partial charge < -0.3 is 49.6 Å². The predicted octanol–water partition coefficient (Wildman–Crippen LogP) is -1.25. The summed E-state index contributed by atoms with van der Waals surface area (Å²) < 4.78 is 15.1. The molecule has 1 fully saturated rings. The van der Waals surface area contributed by atoms with E-state index in [0.29, 0.717) is 5.56 Å². The third-order valence-electron chi connectivity index (χ3n) is 5.93. The van der Waals surface area contributed by atoms with E-state index in [0.717, 1.165) is 18.4 Å². The molecule has 1 saturated heterocycles. The standard InChI is InChI=1S/C24H21O13/c25-11-3-1-9(2-4-11)12-7-35-14-6-10(5-13(26)17(14)18(12)27)16(22(31)32)23(33)36-8-15-19(28)20(29)21(30)24(34)37-15/h1-7,15-16,19-21,24-26,28-30H,8H2,(H,31,32)/q-1/t15-,16?,19-,20+,21-,24-/m1/s1. The number of hydrogen-bond donors (Lipinski definition) is 6. The summed E-state index contributed by atoms with van der Waals surface area (Å²) in [6.07, 6.45) is -8.18. The minimum Gasteiger partial charge on any atom is -0.829 e. The summed E-state index contributed by atoms with van der Waals surface area (Å²) in [5, 5.41) is 70.0. The number of fused-ring (bicyclic) bond motifs is 1. The van der Waals surface area contributed by atoms with Crippen LogP contribution in [-0.2, 0) is 19.1 Å². The normalized spacial score (nSPS) is 24.5. The largest absolute Gasteiger partial charge is 0.829 e. The number of hydrogen-bond acceptors (Lipinski definition) is 12. The molecule has 0 saturated carbocycles. The summed E-state index contributed by atoms with van der Waals surface area (Å²) in [5.74, 6) is -5.77. The van der Waals surface area contributed by atoms with Crippen LogP contribution >= 0.6 is 0 Å². The molecule has 4 rings (SSSR count). The lowest BCUT2D eigenvalue weighted by atomic mass is 9.96. The Kier molecular flexibility index (Phi) is 7.16. The lowest BCUT2D eigenvalue weighted by Crippen LogP contribution is -2.62. The highest BCUT2D eigenvalue weighted by Gasteiger charge is 2.41. The van der Waals surface area contributed by atoms with Crippen molar-refractivity contribution in [3.8, 4) is 22.6 Å². The predicted molar refractivity (Wildman–Crippen MR) is 119 cm³/mol. The summed E-state index contributed by atoms with van der Waals surface area (Å²) in [6, 6.07) is 7.56. The van der Waals surface area contributed by atoms with Crippen molar-refractivity contribution in [3.63, 3.8) is 0 Å². The number of carboxylic acids is 1. The summed E-state index contributed by atoms with van der Waals surface area (Å²) >= 11 is 0. The van der Waals surface area contributed by atoms with E-state index in [1.54, 1.807) is 0 Å². The molecule has 3 aromatic rings. The Morgan fingerprint density at radius 1 is 1.03 bits per heavy atom. The number of benzene rings is 2. The second-order valence-electron chi connectivity index (χ2n) is 8.35. The van der Waals surface area contributed by atoms with Gasteiger partial charge in [0.1, 0.15) is 53.7 Å². The zero-order chi connectivity index (χ0) is 27.0. The lowest BCUT2D eigenvalue weighted by molar-refractivity contribution is -0.532. The summed E-state index contributed by atoms with van der Waals surface area (Å²) in [5.41, 5.74) is -0.736. The summed E-state index contributed by atoms with van der Waals surface area (Å²) in [6.45, 7) is -0.822. The zero-order valence-corrected chi connectivity index (χ0v) is 18.8. The number of aromatic hydroxyl groups is 2. The molecule has 0 amide bonds. The zero-order valence-electron chi connectivity index (χ0n) is 18.8. The van der Waals surface area contributed by atoms with Crippen molar-refractivity contribution < 1.29 is 59.2 Å². The maximum absolute atomic E-state index is 13.0. The van der Waals surface area contributed by atoms with Gasteiger partial charge in [0.15, 0.2) is 5.92 Å². The molecular weight excluding hydrogens is 496 g/mol. The van der Waals surface area contributed by atoms with Crippen LogP contribution in [-0.4, -0.2) is 79.9 Å². The fourth-order valence-electron chi connectivity index (χ4n) is 3.94. The van der Waals surface area contributed by atoms with E-state index in [1.165, 1.54) is 24.3 Å². The van der Waals surface area contributed by atoms with Crippen molar-refractivity contribution in [2.45, 2.75) is 36.6 Å². The van der Waals surface area contributed by atoms with Crippen LogP contribution in [0.2, 0.25) is 0 Å². The van der Waals surface area contributed by atoms with Gasteiger partial charge in [-0.1, -0.05) is 12.1 Å².